The van der Waals surface area contributed by atoms with Gasteiger partial charge in [-0.05, 0) is 141 Å². The van der Waals surface area contributed by atoms with Gasteiger partial charge in [0.25, 0.3) is 0 Å². The highest BCUT2D eigenvalue weighted by Crippen LogP contribution is 2.51. The fourth-order valence-corrected chi connectivity index (χ4v) is 9.94. The van der Waals surface area contributed by atoms with Gasteiger partial charge >= 0.3 is 0 Å². The maximum absolute atomic E-state index is 2.51. The van der Waals surface area contributed by atoms with Gasteiger partial charge in [0.05, 0.1) is 0 Å². The van der Waals surface area contributed by atoms with E-state index in [2.05, 4.69) is 213 Å². The van der Waals surface area contributed by atoms with Crippen molar-refractivity contribution in [3.8, 4) is 66.8 Å². The Morgan fingerprint density at radius 1 is 0.293 bits per heavy atom. The first-order valence-electron chi connectivity index (χ1n) is 20.7. The number of rotatable bonds is 7. The minimum Gasteiger partial charge on any atom is -0.0653 e. The predicted molar refractivity (Wildman–Crippen MR) is 248 cm³/mol. The standard InChI is InChI=1S/C58H42/c1-2-17-45-47-23-10-11-24-48(47)50-31-30-40(37-56(45)50)57-51-26-13-15-28-53(51)58(54-29-16-14-27-52(54)57)55-33-32-44(46-22-9-12-25-49(46)55)43-35-41(38-18-5-3-6-19-38)34-42(36-43)39-20-7-4-8-21-39/h3-16,18-37,45H,2,17H2,1H3. The quantitative estimate of drug-likeness (QED) is 0.143. The first-order valence-corrected chi connectivity index (χ1v) is 20.7. The summed E-state index contributed by atoms with van der Waals surface area (Å²) in [6.45, 7) is 2.31. The van der Waals surface area contributed by atoms with E-state index in [-0.39, 0.29) is 0 Å². The summed E-state index contributed by atoms with van der Waals surface area (Å²) in [5.41, 5.74) is 18.2. The molecule has 0 nitrogen and oxygen atoms in total. The van der Waals surface area contributed by atoms with E-state index in [0.29, 0.717) is 5.92 Å². The molecule has 0 heteroatoms. The van der Waals surface area contributed by atoms with Crippen LogP contribution in [-0.2, 0) is 0 Å². The van der Waals surface area contributed by atoms with E-state index < -0.39 is 0 Å². The van der Waals surface area contributed by atoms with E-state index in [1.807, 2.05) is 0 Å². The summed E-state index contributed by atoms with van der Waals surface area (Å²) in [5, 5.41) is 7.64. The molecule has 11 rings (SSSR count). The van der Waals surface area contributed by atoms with Gasteiger partial charge in [0.2, 0.25) is 0 Å². The van der Waals surface area contributed by atoms with Crippen LogP contribution in [0.25, 0.3) is 99.1 Å². The molecule has 0 aromatic heterocycles. The molecule has 0 saturated heterocycles. The van der Waals surface area contributed by atoms with Crippen molar-refractivity contribution in [1.82, 2.24) is 0 Å². The average molecular weight is 739 g/mol. The largest absolute Gasteiger partial charge is 0.0653 e. The highest BCUT2D eigenvalue weighted by molar-refractivity contribution is 6.24. The van der Waals surface area contributed by atoms with Gasteiger partial charge in [-0.2, -0.15) is 0 Å². The molecular formula is C58H42. The van der Waals surface area contributed by atoms with Crippen LogP contribution in [-0.4, -0.2) is 0 Å². The zero-order valence-corrected chi connectivity index (χ0v) is 32.6. The number of benzene rings is 10. The molecule has 10 aromatic carbocycles. The third kappa shape index (κ3) is 5.59. The molecular weight excluding hydrogens is 697 g/mol. The molecule has 0 N–H and O–H groups in total. The predicted octanol–water partition coefficient (Wildman–Crippen LogP) is 16.4. The van der Waals surface area contributed by atoms with Crippen LogP contribution in [0.15, 0.2) is 206 Å². The molecule has 1 aliphatic carbocycles. The van der Waals surface area contributed by atoms with Crippen molar-refractivity contribution in [2.24, 2.45) is 0 Å². The van der Waals surface area contributed by atoms with Crippen molar-refractivity contribution in [2.45, 2.75) is 25.7 Å². The highest BCUT2D eigenvalue weighted by Gasteiger charge is 2.29. The van der Waals surface area contributed by atoms with Gasteiger partial charge in [-0.1, -0.05) is 195 Å². The Bertz CT molecular complexity index is 3050. The van der Waals surface area contributed by atoms with Crippen LogP contribution in [0.5, 0.6) is 0 Å². The third-order valence-electron chi connectivity index (χ3n) is 12.5. The van der Waals surface area contributed by atoms with Crippen molar-refractivity contribution in [3.05, 3.63) is 217 Å². The Hall–Kier alpha value is -7.02. The Morgan fingerprint density at radius 2 is 0.741 bits per heavy atom. The molecule has 10 aromatic rings. The zero-order valence-electron chi connectivity index (χ0n) is 32.6. The Morgan fingerprint density at radius 3 is 1.34 bits per heavy atom. The third-order valence-corrected chi connectivity index (χ3v) is 12.5. The summed E-state index contributed by atoms with van der Waals surface area (Å²) >= 11 is 0. The summed E-state index contributed by atoms with van der Waals surface area (Å²) in [4.78, 5) is 0. The number of fused-ring (bicyclic) bond motifs is 6. The van der Waals surface area contributed by atoms with E-state index in [9.17, 15) is 0 Å². The Balaban J connectivity index is 1.13. The molecule has 0 radical (unpaired) electrons. The molecule has 1 aliphatic rings. The normalized spacial score (nSPS) is 13.2. The van der Waals surface area contributed by atoms with Crippen LogP contribution in [0.3, 0.4) is 0 Å². The monoisotopic (exact) mass is 738 g/mol. The lowest BCUT2D eigenvalue weighted by Crippen LogP contribution is -1.97. The average Bonchev–Trinajstić information content (AvgIpc) is 3.60. The van der Waals surface area contributed by atoms with Crippen molar-refractivity contribution in [1.29, 1.82) is 0 Å². The van der Waals surface area contributed by atoms with Gasteiger partial charge in [-0.25, -0.2) is 0 Å². The van der Waals surface area contributed by atoms with Gasteiger partial charge in [-0.15, -0.1) is 0 Å². The molecule has 0 heterocycles. The van der Waals surface area contributed by atoms with Gasteiger partial charge in [0, 0.05) is 5.92 Å². The van der Waals surface area contributed by atoms with E-state index in [1.165, 1.54) is 110 Å². The summed E-state index contributed by atoms with van der Waals surface area (Å²) < 4.78 is 0. The SMILES string of the molecule is CCCC1c2ccccc2-c2ccc(-c3c4ccccc4c(-c4ccc(-c5cc(-c6ccccc6)cc(-c6ccccc6)c5)c5ccccc45)c4ccccc34)cc21. The molecule has 274 valence electrons. The van der Waals surface area contributed by atoms with E-state index >= 15 is 0 Å². The maximum atomic E-state index is 2.51. The van der Waals surface area contributed by atoms with Crippen LogP contribution in [0.2, 0.25) is 0 Å². The molecule has 1 unspecified atom stereocenters. The molecule has 0 saturated carbocycles. The molecule has 1 atom stereocenters. The molecule has 0 fully saturated rings. The number of hydrogen-bond acceptors (Lipinski definition) is 0. The molecule has 0 aliphatic heterocycles. The summed E-state index contributed by atoms with van der Waals surface area (Å²) in [5.74, 6) is 0.426. The fourth-order valence-electron chi connectivity index (χ4n) is 9.94. The van der Waals surface area contributed by atoms with E-state index in [0.717, 1.165) is 12.8 Å². The van der Waals surface area contributed by atoms with Crippen molar-refractivity contribution >= 4 is 32.3 Å². The zero-order chi connectivity index (χ0) is 38.6. The first kappa shape index (κ1) is 34.2. The Labute approximate surface area is 340 Å². The minimum absolute atomic E-state index is 0.426. The van der Waals surface area contributed by atoms with Crippen molar-refractivity contribution < 1.29 is 0 Å². The van der Waals surface area contributed by atoms with Crippen LogP contribution >= 0.6 is 0 Å². The molecule has 0 amide bonds. The fraction of sp³-hybridized carbons (Fsp3) is 0.0690. The summed E-state index contributed by atoms with van der Waals surface area (Å²) in [6.07, 6.45) is 2.31. The topological polar surface area (TPSA) is 0 Å². The van der Waals surface area contributed by atoms with Gasteiger partial charge in [0.1, 0.15) is 0 Å². The molecule has 0 spiro atoms. The van der Waals surface area contributed by atoms with Crippen LogP contribution in [0.1, 0.15) is 36.8 Å². The van der Waals surface area contributed by atoms with E-state index in [1.54, 1.807) is 0 Å². The number of hydrogen-bond donors (Lipinski definition) is 0. The molecule has 0 bridgehead atoms. The van der Waals surface area contributed by atoms with Gasteiger partial charge in [0.15, 0.2) is 0 Å². The smallest absolute Gasteiger partial charge is 0.0102 e. The van der Waals surface area contributed by atoms with Gasteiger partial charge in [-0.3, -0.25) is 0 Å². The lowest BCUT2D eigenvalue weighted by atomic mass is 9.82. The lowest BCUT2D eigenvalue weighted by Gasteiger charge is -2.21. The molecule has 58 heavy (non-hydrogen) atoms. The van der Waals surface area contributed by atoms with Crippen LogP contribution in [0.4, 0.5) is 0 Å². The highest BCUT2D eigenvalue weighted by atomic mass is 14.3. The van der Waals surface area contributed by atoms with Crippen molar-refractivity contribution in [2.75, 3.05) is 0 Å². The van der Waals surface area contributed by atoms with Crippen LogP contribution < -0.4 is 0 Å². The Kier molecular flexibility index (Phi) is 8.37. The van der Waals surface area contributed by atoms with Crippen LogP contribution in [0, 0.1) is 0 Å². The summed E-state index contributed by atoms with van der Waals surface area (Å²) in [6, 6.07) is 76.8. The second kappa shape index (κ2) is 14.2. The maximum Gasteiger partial charge on any atom is 0.0102 e. The summed E-state index contributed by atoms with van der Waals surface area (Å²) in [7, 11) is 0. The lowest BCUT2D eigenvalue weighted by molar-refractivity contribution is 0.711. The first-order chi connectivity index (χ1) is 28.7. The van der Waals surface area contributed by atoms with Crippen molar-refractivity contribution in [3.63, 3.8) is 0 Å². The second-order valence-electron chi connectivity index (χ2n) is 15.8. The van der Waals surface area contributed by atoms with E-state index in [4.69, 9.17) is 0 Å². The second-order valence-corrected chi connectivity index (χ2v) is 15.8. The minimum atomic E-state index is 0.426. The van der Waals surface area contributed by atoms with Gasteiger partial charge < -0.3 is 0 Å².